The summed E-state index contributed by atoms with van der Waals surface area (Å²) in [4.78, 5) is 26.3. The third-order valence-electron chi connectivity index (χ3n) is 4.50. The highest BCUT2D eigenvalue weighted by atomic mass is 19.1. The van der Waals surface area contributed by atoms with Crippen LogP contribution in [0.1, 0.15) is 32.3 Å². The number of piperazine rings is 1. The first-order chi connectivity index (χ1) is 12.4. The predicted molar refractivity (Wildman–Crippen MR) is 97.2 cm³/mol. The third-order valence-corrected chi connectivity index (χ3v) is 4.50. The molecular formula is C19H28FN3O3. The molecule has 1 aromatic rings. The Morgan fingerprint density at radius 3 is 2.88 bits per heavy atom. The second-order valence-corrected chi connectivity index (χ2v) is 6.97. The van der Waals surface area contributed by atoms with Crippen LogP contribution in [0.5, 0.6) is 5.75 Å². The lowest BCUT2D eigenvalue weighted by atomic mass is 10.1. The molecular weight excluding hydrogens is 337 g/mol. The van der Waals surface area contributed by atoms with Crippen molar-refractivity contribution in [1.29, 1.82) is 0 Å². The third kappa shape index (κ3) is 5.69. The predicted octanol–water partition coefficient (Wildman–Crippen LogP) is 1.69. The largest absolute Gasteiger partial charge is 0.497 e. The van der Waals surface area contributed by atoms with Crippen LogP contribution in [0.2, 0.25) is 0 Å². The van der Waals surface area contributed by atoms with Crippen molar-refractivity contribution < 1.29 is 18.7 Å². The number of hydrogen-bond acceptors (Lipinski definition) is 4. The van der Waals surface area contributed by atoms with Crippen molar-refractivity contribution in [1.82, 2.24) is 15.5 Å². The van der Waals surface area contributed by atoms with Crippen molar-refractivity contribution in [3.8, 4) is 5.75 Å². The number of rotatable bonds is 8. The normalized spacial score (nSPS) is 17.9. The van der Waals surface area contributed by atoms with Gasteiger partial charge in [0, 0.05) is 37.8 Å². The molecule has 2 N–H and O–H groups in total. The van der Waals surface area contributed by atoms with Crippen LogP contribution >= 0.6 is 0 Å². The minimum absolute atomic E-state index is 0.0711. The van der Waals surface area contributed by atoms with E-state index in [1.54, 1.807) is 12.1 Å². The molecule has 0 unspecified atom stereocenters. The van der Waals surface area contributed by atoms with Crippen molar-refractivity contribution in [2.24, 2.45) is 5.92 Å². The monoisotopic (exact) mass is 365 g/mol. The average molecular weight is 365 g/mol. The Balaban J connectivity index is 2.01. The Morgan fingerprint density at radius 2 is 2.23 bits per heavy atom. The number of methoxy groups -OCH3 is 1. The smallest absolute Gasteiger partial charge is 0.237 e. The summed E-state index contributed by atoms with van der Waals surface area (Å²) in [5, 5.41) is 5.64. The second kappa shape index (κ2) is 9.52. The van der Waals surface area contributed by atoms with Gasteiger partial charge >= 0.3 is 0 Å². The van der Waals surface area contributed by atoms with Gasteiger partial charge < -0.3 is 15.4 Å². The van der Waals surface area contributed by atoms with E-state index in [0.717, 1.165) is 6.42 Å². The molecule has 2 amide bonds. The van der Waals surface area contributed by atoms with Gasteiger partial charge in [0.05, 0.1) is 19.6 Å². The number of carbonyl (C=O) groups is 2. The minimum Gasteiger partial charge on any atom is -0.497 e. The molecule has 0 spiro atoms. The Kier molecular flexibility index (Phi) is 7.38. The van der Waals surface area contributed by atoms with E-state index in [-0.39, 0.29) is 30.6 Å². The first kappa shape index (κ1) is 20.2. The van der Waals surface area contributed by atoms with Gasteiger partial charge in [-0.1, -0.05) is 19.9 Å². The molecule has 1 aromatic carbocycles. The lowest BCUT2D eigenvalue weighted by molar-refractivity contribution is -0.134. The van der Waals surface area contributed by atoms with E-state index in [4.69, 9.17) is 4.74 Å². The number of amides is 2. The molecule has 26 heavy (non-hydrogen) atoms. The average Bonchev–Trinajstić information content (AvgIpc) is 2.59. The standard InChI is InChI=1S/C19H28FN3O3/c1-13(2)6-7-21-18(24)11-17-19(25)22-8-9-23(17)12-14-4-5-15(26-3)10-16(14)20/h4-5,10,13,17H,6-9,11-12H2,1-3H3,(H,21,24)(H,22,25)/t17-/m0/s1. The molecule has 0 saturated carbocycles. The summed E-state index contributed by atoms with van der Waals surface area (Å²) >= 11 is 0. The SMILES string of the molecule is COc1ccc(CN2CCNC(=O)[C@@H]2CC(=O)NCCC(C)C)c(F)c1. The van der Waals surface area contributed by atoms with Crippen LogP contribution in [0.25, 0.3) is 0 Å². The van der Waals surface area contributed by atoms with Crippen LogP contribution in [0.15, 0.2) is 18.2 Å². The van der Waals surface area contributed by atoms with Gasteiger partial charge in [-0.2, -0.15) is 0 Å². The summed E-state index contributed by atoms with van der Waals surface area (Å²) in [5.74, 6) is 0.221. The topological polar surface area (TPSA) is 70.7 Å². The van der Waals surface area contributed by atoms with Crippen molar-refractivity contribution in [2.45, 2.75) is 39.3 Å². The Labute approximate surface area is 154 Å². The zero-order valence-electron chi connectivity index (χ0n) is 15.7. The van der Waals surface area contributed by atoms with E-state index in [9.17, 15) is 14.0 Å². The molecule has 1 saturated heterocycles. The zero-order valence-corrected chi connectivity index (χ0v) is 15.7. The highest BCUT2D eigenvalue weighted by Gasteiger charge is 2.32. The summed E-state index contributed by atoms with van der Waals surface area (Å²) in [6.07, 6.45) is 0.963. The van der Waals surface area contributed by atoms with E-state index in [2.05, 4.69) is 24.5 Å². The van der Waals surface area contributed by atoms with Crippen molar-refractivity contribution in [2.75, 3.05) is 26.7 Å². The van der Waals surface area contributed by atoms with Crippen molar-refractivity contribution in [3.05, 3.63) is 29.6 Å². The molecule has 1 atom stereocenters. The minimum atomic E-state index is -0.593. The van der Waals surface area contributed by atoms with Gasteiger partial charge in [0.1, 0.15) is 11.6 Å². The number of carbonyl (C=O) groups excluding carboxylic acids is 2. The van der Waals surface area contributed by atoms with Crippen LogP contribution in [0.4, 0.5) is 4.39 Å². The van der Waals surface area contributed by atoms with E-state index in [1.807, 2.05) is 4.90 Å². The molecule has 0 radical (unpaired) electrons. The maximum atomic E-state index is 14.2. The summed E-state index contributed by atoms with van der Waals surface area (Å²) in [6, 6.07) is 4.08. The molecule has 1 fully saturated rings. The quantitative estimate of drug-likeness (QED) is 0.735. The van der Waals surface area contributed by atoms with E-state index >= 15 is 0 Å². The molecule has 2 rings (SSSR count). The number of benzene rings is 1. The molecule has 0 aliphatic carbocycles. The van der Waals surface area contributed by atoms with Gasteiger partial charge in [0.15, 0.2) is 0 Å². The van der Waals surface area contributed by atoms with Crippen LogP contribution in [-0.2, 0) is 16.1 Å². The molecule has 1 aliphatic heterocycles. The number of nitrogens with zero attached hydrogens (tertiary/aromatic N) is 1. The first-order valence-corrected chi connectivity index (χ1v) is 9.01. The fourth-order valence-electron chi connectivity index (χ4n) is 2.92. The second-order valence-electron chi connectivity index (χ2n) is 6.97. The molecule has 0 bridgehead atoms. The number of halogens is 1. The van der Waals surface area contributed by atoms with Gasteiger partial charge in [-0.15, -0.1) is 0 Å². The van der Waals surface area contributed by atoms with Gasteiger partial charge in [0.25, 0.3) is 0 Å². The number of ether oxygens (including phenoxy) is 1. The van der Waals surface area contributed by atoms with Crippen molar-refractivity contribution >= 4 is 11.8 Å². The zero-order chi connectivity index (χ0) is 19.1. The van der Waals surface area contributed by atoms with Gasteiger partial charge in [0.2, 0.25) is 11.8 Å². The fourth-order valence-corrected chi connectivity index (χ4v) is 2.92. The first-order valence-electron chi connectivity index (χ1n) is 9.01. The number of nitrogens with one attached hydrogen (secondary N) is 2. The van der Waals surface area contributed by atoms with Crippen LogP contribution in [-0.4, -0.2) is 49.5 Å². The lowest BCUT2D eigenvalue weighted by Crippen LogP contribution is -2.56. The van der Waals surface area contributed by atoms with Gasteiger partial charge in [-0.05, 0) is 18.4 Å². The van der Waals surface area contributed by atoms with E-state index < -0.39 is 6.04 Å². The highest BCUT2D eigenvalue weighted by Crippen LogP contribution is 2.20. The molecule has 0 aromatic heterocycles. The Hall–Kier alpha value is -2.15. The molecule has 7 heteroatoms. The lowest BCUT2D eigenvalue weighted by Gasteiger charge is -2.34. The van der Waals surface area contributed by atoms with E-state index in [0.29, 0.717) is 36.9 Å². The van der Waals surface area contributed by atoms with Gasteiger partial charge in [-0.25, -0.2) is 4.39 Å². The van der Waals surface area contributed by atoms with Crippen molar-refractivity contribution in [3.63, 3.8) is 0 Å². The van der Waals surface area contributed by atoms with Gasteiger partial charge in [-0.3, -0.25) is 14.5 Å². The summed E-state index contributed by atoms with van der Waals surface area (Å²) in [6.45, 7) is 6.10. The molecule has 1 heterocycles. The van der Waals surface area contributed by atoms with Crippen LogP contribution in [0.3, 0.4) is 0 Å². The number of hydrogen-bond donors (Lipinski definition) is 2. The maximum Gasteiger partial charge on any atom is 0.237 e. The Morgan fingerprint density at radius 1 is 1.46 bits per heavy atom. The maximum absolute atomic E-state index is 14.2. The summed E-state index contributed by atoms with van der Waals surface area (Å²) in [7, 11) is 1.48. The van der Waals surface area contributed by atoms with Crippen LogP contribution in [0, 0.1) is 11.7 Å². The summed E-state index contributed by atoms with van der Waals surface area (Å²) < 4.78 is 19.2. The molecule has 144 valence electrons. The summed E-state index contributed by atoms with van der Waals surface area (Å²) in [5.41, 5.74) is 0.478. The molecule has 6 nitrogen and oxygen atoms in total. The highest BCUT2D eigenvalue weighted by molar-refractivity contribution is 5.88. The Bertz CT molecular complexity index is 636. The van der Waals surface area contributed by atoms with E-state index in [1.165, 1.54) is 13.2 Å². The fraction of sp³-hybridized carbons (Fsp3) is 0.579. The molecule has 1 aliphatic rings. The van der Waals surface area contributed by atoms with Crippen LogP contribution < -0.4 is 15.4 Å².